The third kappa shape index (κ3) is 6.15. The molecule has 9 nitrogen and oxygen atoms in total. The number of rotatable bonds is 18. The van der Waals surface area contributed by atoms with Crippen LogP contribution in [-0.4, -0.2) is 56.1 Å². The fourth-order valence-electron chi connectivity index (χ4n) is 8.38. The lowest BCUT2D eigenvalue weighted by Gasteiger charge is -2.28. The zero-order chi connectivity index (χ0) is 31.5. The second-order valence-electron chi connectivity index (χ2n) is 13.3. The molecule has 240 valence electrons. The summed E-state index contributed by atoms with van der Waals surface area (Å²) >= 11 is 0. The van der Waals surface area contributed by atoms with Gasteiger partial charge in [-0.05, 0) is 102 Å². The van der Waals surface area contributed by atoms with Gasteiger partial charge in [-0.2, -0.15) is 0 Å². The number of esters is 4. The van der Waals surface area contributed by atoms with Crippen molar-refractivity contribution in [1.29, 1.82) is 0 Å². The van der Waals surface area contributed by atoms with Gasteiger partial charge >= 0.3 is 23.9 Å². The van der Waals surface area contributed by atoms with Crippen molar-refractivity contribution >= 4 is 29.7 Å². The van der Waals surface area contributed by atoms with E-state index in [0.29, 0.717) is 37.2 Å². The zero-order valence-corrected chi connectivity index (χ0v) is 26.6. The van der Waals surface area contributed by atoms with Gasteiger partial charge in [-0.15, -0.1) is 0 Å². The van der Waals surface area contributed by atoms with Gasteiger partial charge in [0, 0.05) is 11.8 Å². The normalized spacial score (nSPS) is 28.7. The van der Waals surface area contributed by atoms with Gasteiger partial charge in [0.15, 0.2) is 16.6 Å². The van der Waals surface area contributed by atoms with E-state index in [-0.39, 0.29) is 50.0 Å². The molecular formula is C34H50O9. The summed E-state index contributed by atoms with van der Waals surface area (Å²) in [5.41, 5.74) is -2.41. The van der Waals surface area contributed by atoms with E-state index in [9.17, 15) is 24.0 Å². The van der Waals surface area contributed by atoms with Crippen LogP contribution in [0.4, 0.5) is 0 Å². The molecule has 0 spiro atoms. The van der Waals surface area contributed by atoms with Crippen LogP contribution in [0.3, 0.4) is 0 Å². The highest BCUT2D eigenvalue weighted by Crippen LogP contribution is 2.73. The number of fused-ring (bicyclic) bond motifs is 2. The summed E-state index contributed by atoms with van der Waals surface area (Å²) in [6.07, 6.45) is 9.61. The lowest BCUT2D eigenvalue weighted by atomic mass is 9.78. The minimum absolute atomic E-state index is 0.0194. The van der Waals surface area contributed by atoms with Gasteiger partial charge in [-0.3, -0.25) is 24.0 Å². The summed E-state index contributed by atoms with van der Waals surface area (Å²) in [5.74, 6) is -1.51. The molecule has 0 radical (unpaired) electrons. The van der Waals surface area contributed by atoms with E-state index in [2.05, 4.69) is 6.58 Å². The first-order valence-electron chi connectivity index (χ1n) is 16.4. The van der Waals surface area contributed by atoms with Crippen LogP contribution in [0.15, 0.2) is 12.2 Å². The van der Waals surface area contributed by atoms with Crippen LogP contribution in [0.2, 0.25) is 0 Å². The molecule has 0 N–H and O–H groups in total. The molecule has 0 aromatic heterocycles. The maximum atomic E-state index is 13.1. The average molecular weight is 603 g/mol. The first-order valence-corrected chi connectivity index (χ1v) is 16.4. The molecule has 4 rings (SSSR count). The van der Waals surface area contributed by atoms with Crippen molar-refractivity contribution in [3.63, 3.8) is 0 Å². The molecule has 4 atom stereocenters. The van der Waals surface area contributed by atoms with Crippen LogP contribution < -0.4 is 0 Å². The maximum absolute atomic E-state index is 13.1. The predicted molar refractivity (Wildman–Crippen MR) is 157 cm³/mol. The Morgan fingerprint density at radius 2 is 1.07 bits per heavy atom. The molecule has 4 unspecified atom stereocenters. The Labute approximate surface area is 255 Å². The van der Waals surface area contributed by atoms with Crippen LogP contribution in [-0.2, 0) is 42.9 Å². The molecule has 0 aromatic carbocycles. The Morgan fingerprint density at radius 3 is 1.60 bits per heavy atom. The van der Waals surface area contributed by atoms with Gasteiger partial charge in [0.05, 0.1) is 26.4 Å². The largest absolute Gasteiger partial charge is 0.465 e. The molecule has 43 heavy (non-hydrogen) atoms. The van der Waals surface area contributed by atoms with E-state index in [1.807, 2.05) is 0 Å². The molecule has 4 saturated carbocycles. The van der Waals surface area contributed by atoms with Crippen LogP contribution in [0, 0.1) is 33.5 Å². The molecule has 4 aliphatic carbocycles. The molecule has 4 aliphatic rings. The summed E-state index contributed by atoms with van der Waals surface area (Å²) in [6.45, 7) is 11.9. The maximum Gasteiger partial charge on any atom is 0.323 e. The summed E-state index contributed by atoms with van der Waals surface area (Å²) in [6, 6.07) is 0. The predicted octanol–water partition coefficient (Wildman–Crippen LogP) is 5.67. The number of carbonyl (C=O) groups excluding carboxylic acids is 5. The van der Waals surface area contributed by atoms with Gasteiger partial charge in [0.1, 0.15) is 0 Å². The van der Waals surface area contributed by atoms with Gasteiger partial charge in [-0.1, -0.05) is 32.3 Å². The van der Waals surface area contributed by atoms with Crippen molar-refractivity contribution in [3.8, 4) is 0 Å². The minimum atomic E-state index is -1.34. The smallest absolute Gasteiger partial charge is 0.323 e. The fraction of sp³-hybridized carbons (Fsp3) is 0.794. The highest BCUT2D eigenvalue weighted by atomic mass is 16.6. The Kier molecular flexibility index (Phi) is 10.1. The molecule has 0 aliphatic heterocycles. The topological polar surface area (TPSA) is 122 Å². The number of hydrogen-bond acceptors (Lipinski definition) is 9. The molecule has 0 heterocycles. The lowest BCUT2D eigenvalue weighted by molar-refractivity contribution is -0.174. The van der Waals surface area contributed by atoms with Crippen molar-refractivity contribution in [2.75, 3.05) is 26.4 Å². The summed E-state index contributed by atoms with van der Waals surface area (Å²) in [4.78, 5) is 64.4. The van der Waals surface area contributed by atoms with Gasteiger partial charge < -0.3 is 18.9 Å². The number of allylic oxidation sites excluding steroid dienone is 1. The Morgan fingerprint density at radius 1 is 0.605 bits per heavy atom. The molecule has 4 fully saturated rings. The zero-order valence-electron chi connectivity index (χ0n) is 26.6. The quantitative estimate of drug-likeness (QED) is 0.0642. The van der Waals surface area contributed by atoms with Crippen molar-refractivity contribution in [2.45, 2.75) is 111 Å². The SMILES string of the molecule is C=C(C(=O)CCCCCCCC12CC1CC(C(=O)OCC)(C(=O)OCC)C2)C12CC1CC(C(=O)OCC)(C(=O)OCC)C2. The third-order valence-electron chi connectivity index (χ3n) is 10.7. The third-order valence-corrected chi connectivity index (χ3v) is 10.7. The Bertz CT molecular complexity index is 1090. The van der Waals surface area contributed by atoms with E-state index in [1.165, 1.54) is 0 Å². The second kappa shape index (κ2) is 13.1. The van der Waals surface area contributed by atoms with Gasteiger partial charge in [-0.25, -0.2) is 0 Å². The molecule has 0 bridgehead atoms. The molecule has 0 amide bonds. The van der Waals surface area contributed by atoms with E-state index >= 15 is 0 Å². The summed E-state index contributed by atoms with van der Waals surface area (Å²) in [5, 5.41) is 0. The Hall–Kier alpha value is -2.71. The summed E-state index contributed by atoms with van der Waals surface area (Å²) in [7, 11) is 0. The van der Waals surface area contributed by atoms with Crippen molar-refractivity contribution in [2.24, 2.45) is 33.5 Å². The second-order valence-corrected chi connectivity index (χ2v) is 13.3. The van der Waals surface area contributed by atoms with Crippen LogP contribution in [0.5, 0.6) is 0 Å². The van der Waals surface area contributed by atoms with Gasteiger partial charge in [0.2, 0.25) is 0 Å². The minimum Gasteiger partial charge on any atom is -0.465 e. The van der Waals surface area contributed by atoms with Gasteiger partial charge in [0.25, 0.3) is 0 Å². The number of unbranched alkanes of at least 4 members (excludes halogenated alkanes) is 4. The standard InChI is InChI=1S/C34H50O9/c1-6-40-27(36)33(28(37)41-7-2)18-24-17-31(24,21-33)16-14-12-10-11-13-15-26(35)23(5)32-19-25(32)20-34(22-32,29(38)42-8-3)30(39)43-9-4/h24-25H,5-22H2,1-4H3. The van der Waals surface area contributed by atoms with E-state index in [1.54, 1.807) is 27.7 Å². The number of hydrogen-bond donors (Lipinski definition) is 0. The summed E-state index contributed by atoms with van der Waals surface area (Å²) < 4.78 is 21.1. The molecule has 0 saturated heterocycles. The molecular weight excluding hydrogens is 552 g/mol. The van der Waals surface area contributed by atoms with Crippen LogP contribution >= 0.6 is 0 Å². The van der Waals surface area contributed by atoms with Crippen molar-refractivity contribution < 1.29 is 42.9 Å². The average Bonchev–Trinajstić information content (AvgIpc) is 3.77. The molecule has 0 aromatic rings. The van der Waals surface area contributed by atoms with E-state index in [0.717, 1.165) is 51.4 Å². The van der Waals surface area contributed by atoms with Crippen molar-refractivity contribution in [3.05, 3.63) is 12.2 Å². The number of ether oxygens (including phenoxy) is 4. The van der Waals surface area contributed by atoms with Crippen molar-refractivity contribution in [1.82, 2.24) is 0 Å². The number of Topliss-reactive ketones (excluding diaryl/α,β-unsaturated/α-hetero) is 1. The van der Waals surface area contributed by atoms with E-state index < -0.39 is 40.1 Å². The monoisotopic (exact) mass is 602 g/mol. The lowest BCUT2D eigenvalue weighted by Crippen LogP contribution is -2.42. The Balaban J connectivity index is 1.19. The van der Waals surface area contributed by atoms with Crippen LogP contribution in [0.25, 0.3) is 0 Å². The van der Waals surface area contributed by atoms with E-state index in [4.69, 9.17) is 18.9 Å². The first kappa shape index (κ1) is 33.2. The van der Waals surface area contributed by atoms with Crippen LogP contribution in [0.1, 0.15) is 111 Å². The number of carbonyl (C=O) groups is 5. The number of ketones is 1. The molecule has 9 heteroatoms. The first-order chi connectivity index (χ1) is 20.5. The fourth-order valence-corrected chi connectivity index (χ4v) is 8.38. The highest BCUT2D eigenvalue weighted by molar-refractivity contribution is 6.03. The highest BCUT2D eigenvalue weighted by Gasteiger charge is 2.73.